The van der Waals surface area contributed by atoms with Crippen molar-refractivity contribution in [2.24, 2.45) is 0 Å². The fourth-order valence-electron chi connectivity index (χ4n) is 14.5. The second-order valence-electron chi connectivity index (χ2n) is 27.2. The van der Waals surface area contributed by atoms with Crippen molar-refractivity contribution in [1.82, 2.24) is 24.1 Å². The normalized spacial score (nSPS) is 11.1. The summed E-state index contributed by atoms with van der Waals surface area (Å²) >= 11 is 0. The van der Waals surface area contributed by atoms with E-state index in [9.17, 15) is 29.7 Å². The number of rotatable bonds is 20. The van der Waals surface area contributed by atoms with Gasteiger partial charge in [-0.05, 0) is 195 Å². The van der Waals surface area contributed by atoms with Gasteiger partial charge in [0.15, 0.2) is 23.2 Å². The minimum atomic E-state index is -0.535. The van der Waals surface area contributed by atoms with Crippen LogP contribution < -0.4 is 0 Å². The van der Waals surface area contributed by atoms with Gasteiger partial charge in [-0.15, -0.1) is 0 Å². The molecule has 0 spiro atoms. The first-order valence-corrected chi connectivity index (χ1v) is 36.6. The van der Waals surface area contributed by atoms with E-state index in [-0.39, 0.29) is 43.9 Å². The molecule has 0 N–H and O–H groups in total. The van der Waals surface area contributed by atoms with Gasteiger partial charge in [-0.25, -0.2) is 39.0 Å². The summed E-state index contributed by atoms with van der Waals surface area (Å²) in [6, 6.07) is 105. The Labute approximate surface area is 654 Å². The van der Waals surface area contributed by atoms with Crippen LogP contribution in [0, 0.1) is 29.2 Å². The third-order valence-corrected chi connectivity index (χ3v) is 20.0. The molecule has 0 bridgehead atoms. The highest BCUT2D eigenvalue weighted by Gasteiger charge is 2.26. The van der Waals surface area contributed by atoms with Crippen molar-refractivity contribution < 1.29 is 38.1 Å². The SMILES string of the molecule is [C-]#[N+]c1cccc(-c2cc(-n3c4ccc(C(=O)OCc5ccccc5)cc4c4cc(C(=O)OCc5ccccc5)ccc43)ccc2-c2nc(-c3ccccc3-c3cccc(C#N)c3)nc(-c3ccc(-n4c5ccc(C(=O)OCc6ccccc6)cc5c5cc(C(=O)OCc6ccccc6)ccc54)cc3-c3cccc(C#N)c3)n2)c1. The minimum absolute atomic E-state index is 0.0558. The number of carbonyl (C=O) groups is 4. The Bertz CT molecular complexity index is 6240. The zero-order valence-electron chi connectivity index (χ0n) is 60.8. The largest absolute Gasteiger partial charge is 0.457 e. The maximum atomic E-state index is 14.1. The molecule has 3 heterocycles. The van der Waals surface area contributed by atoms with Crippen LogP contribution in [-0.2, 0) is 45.4 Å². The Morgan fingerprint density at radius 3 is 0.956 bits per heavy atom. The van der Waals surface area contributed by atoms with E-state index < -0.39 is 23.9 Å². The van der Waals surface area contributed by atoms with Gasteiger partial charge < -0.3 is 28.1 Å². The number of carbonyl (C=O) groups excluding carboxylic acids is 4. The highest BCUT2D eigenvalue weighted by atomic mass is 16.5. The topological polar surface area (TPSA) is 206 Å². The lowest BCUT2D eigenvalue weighted by Crippen LogP contribution is -2.05. The number of benzene rings is 14. The van der Waals surface area contributed by atoms with Crippen LogP contribution in [0.25, 0.3) is 127 Å². The summed E-state index contributed by atoms with van der Waals surface area (Å²) in [5.74, 6) is -1.39. The quantitative estimate of drug-likeness (QED) is 0.0396. The van der Waals surface area contributed by atoms with E-state index in [1.54, 1.807) is 66.7 Å². The van der Waals surface area contributed by atoms with Gasteiger partial charge in [0.1, 0.15) is 26.4 Å². The van der Waals surface area contributed by atoms with Crippen LogP contribution in [0.3, 0.4) is 0 Å². The smallest absolute Gasteiger partial charge is 0.338 e. The van der Waals surface area contributed by atoms with Gasteiger partial charge in [-0.3, -0.25) is 0 Å². The first kappa shape index (κ1) is 71.0. The van der Waals surface area contributed by atoms with Crippen LogP contribution >= 0.6 is 0 Å². The summed E-state index contributed by atoms with van der Waals surface area (Å²) < 4.78 is 27.7. The van der Waals surface area contributed by atoms with Gasteiger partial charge in [0.05, 0.1) is 74.2 Å². The number of esters is 4. The van der Waals surface area contributed by atoms with Crippen molar-refractivity contribution in [2.45, 2.75) is 26.4 Å². The fourth-order valence-corrected chi connectivity index (χ4v) is 14.5. The molecule has 0 fully saturated rings. The van der Waals surface area contributed by atoms with E-state index in [1.807, 2.05) is 261 Å². The second-order valence-corrected chi connectivity index (χ2v) is 27.2. The summed E-state index contributed by atoms with van der Waals surface area (Å²) in [7, 11) is 0. The molecule has 542 valence electrons. The molecule has 0 unspecified atom stereocenters. The highest BCUT2D eigenvalue weighted by molar-refractivity contribution is 6.15. The molecule has 14 aromatic carbocycles. The first-order valence-electron chi connectivity index (χ1n) is 36.6. The first-order chi connectivity index (χ1) is 56.0. The molecule has 0 aliphatic carbocycles. The third kappa shape index (κ3) is 14.4. The van der Waals surface area contributed by atoms with Crippen molar-refractivity contribution in [3.8, 4) is 91.1 Å². The van der Waals surface area contributed by atoms with Crippen LogP contribution in [0.2, 0.25) is 0 Å². The van der Waals surface area contributed by atoms with E-state index in [0.717, 1.165) is 33.4 Å². The third-order valence-electron chi connectivity index (χ3n) is 20.0. The Morgan fingerprint density at radius 2 is 0.614 bits per heavy atom. The molecule has 3 aromatic heterocycles. The second kappa shape index (κ2) is 31.3. The molecule has 0 atom stereocenters. The standard InChI is InChI=1S/C98H62N8O8/c1-101-75-32-18-31-70(49-75)83-55-77(106-90-45-37-73(97(109)113-60-64-23-10-4-11-24-64)52-86(90)87-53-74(38-46-91(87)106)98(110)114-61-65-25-12-5-13-26-65)40-42-81(83)94-103-92(79-34-15-14-33-78(79)68-29-16-27-66(47-68)56-99)102-93(104-94)80-41-39-76(54-82(80)69-30-17-28-67(48-69)57-100)105-88-43-35-71(95(107)111-58-62-19-6-2-7-20-62)50-84(88)85-51-72(36-44-89(85)105)96(108)112-59-63-21-8-3-9-22-63/h2-55H,58-61H2. The molecule has 0 radical (unpaired) electrons. The minimum Gasteiger partial charge on any atom is -0.457 e. The molecule has 0 aliphatic rings. The average molecular weight is 1480 g/mol. The van der Waals surface area contributed by atoms with Crippen molar-refractivity contribution in [1.29, 1.82) is 10.5 Å². The lowest BCUT2D eigenvalue weighted by atomic mass is 9.95. The zero-order valence-corrected chi connectivity index (χ0v) is 60.8. The monoisotopic (exact) mass is 1480 g/mol. The summed E-state index contributed by atoms with van der Waals surface area (Å²) in [4.78, 5) is 76.6. The maximum absolute atomic E-state index is 14.1. The van der Waals surface area contributed by atoms with Crippen LogP contribution in [0.4, 0.5) is 5.69 Å². The molecule has 16 heteroatoms. The lowest BCUT2D eigenvalue weighted by molar-refractivity contribution is 0.0464. The van der Waals surface area contributed by atoms with Gasteiger partial charge in [0.2, 0.25) is 0 Å². The van der Waals surface area contributed by atoms with Crippen molar-refractivity contribution in [3.05, 3.63) is 395 Å². The van der Waals surface area contributed by atoms with E-state index in [2.05, 4.69) is 26.1 Å². The maximum Gasteiger partial charge on any atom is 0.338 e. The Kier molecular flexibility index (Phi) is 19.5. The molecule has 0 saturated heterocycles. The number of ether oxygens (including phenoxy) is 4. The summed E-state index contributed by atoms with van der Waals surface area (Å²) in [5, 5.41) is 23.4. The number of hydrogen-bond acceptors (Lipinski definition) is 13. The van der Waals surface area contributed by atoms with E-state index in [1.165, 1.54) is 0 Å². The molecule has 16 nitrogen and oxygen atoms in total. The van der Waals surface area contributed by atoms with Crippen molar-refractivity contribution >= 4 is 73.2 Å². The number of hydrogen-bond donors (Lipinski definition) is 0. The summed E-state index contributed by atoms with van der Waals surface area (Å²) in [6.45, 7) is 8.51. The Morgan fingerprint density at radius 1 is 0.307 bits per heavy atom. The Hall–Kier alpha value is -16.0. The number of nitriles is 2. The predicted octanol–water partition coefficient (Wildman–Crippen LogP) is 21.8. The molecule has 0 aliphatic heterocycles. The average Bonchev–Trinajstić information content (AvgIpc) is 1.57. The van der Waals surface area contributed by atoms with Gasteiger partial charge in [0.25, 0.3) is 0 Å². The zero-order chi connectivity index (χ0) is 77.6. The van der Waals surface area contributed by atoms with Crippen molar-refractivity contribution in [2.75, 3.05) is 0 Å². The van der Waals surface area contributed by atoms with Gasteiger partial charge in [-0.2, -0.15) is 10.5 Å². The van der Waals surface area contributed by atoms with Crippen LogP contribution in [0.15, 0.2) is 328 Å². The summed E-state index contributed by atoms with van der Waals surface area (Å²) in [6.07, 6.45) is 0. The number of fused-ring (bicyclic) bond motifs is 6. The van der Waals surface area contributed by atoms with Crippen molar-refractivity contribution in [3.63, 3.8) is 0 Å². The van der Waals surface area contributed by atoms with Crippen LogP contribution in [0.1, 0.15) is 74.8 Å². The van der Waals surface area contributed by atoms with Crippen LogP contribution in [0.5, 0.6) is 0 Å². The molecule has 0 saturated carbocycles. The summed E-state index contributed by atoms with van der Waals surface area (Å²) in [5.41, 5.74) is 15.5. The number of aromatic nitrogens is 5. The molecule has 114 heavy (non-hydrogen) atoms. The molecule has 17 rings (SSSR count). The fraction of sp³-hybridized carbons (Fsp3) is 0.0408. The number of nitrogens with zero attached hydrogens (tertiary/aromatic N) is 8. The van der Waals surface area contributed by atoms with E-state index in [4.69, 9.17) is 40.5 Å². The highest BCUT2D eigenvalue weighted by Crippen LogP contribution is 2.44. The predicted molar refractivity (Wildman–Crippen MR) is 439 cm³/mol. The van der Waals surface area contributed by atoms with Gasteiger partial charge in [-0.1, -0.05) is 188 Å². The van der Waals surface area contributed by atoms with E-state index >= 15 is 0 Å². The molecule has 0 amide bonds. The van der Waals surface area contributed by atoms with Gasteiger partial charge in [0, 0.05) is 49.6 Å². The van der Waals surface area contributed by atoms with Gasteiger partial charge >= 0.3 is 23.9 Å². The van der Waals surface area contributed by atoms with E-state index in [0.29, 0.717) is 133 Å². The molecular formula is C98H62N8O8. The molecular weight excluding hydrogens is 1420 g/mol. The van der Waals surface area contributed by atoms with Crippen LogP contribution in [-0.4, -0.2) is 48.0 Å². The lowest BCUT2D eigenvalue weighted by Gasteiger charge is -2.18. The Balaban J connectivity index is 0.854. The molecule has 17 aromatic rings.